The summed E-state index contributed by atoms with van der Waals surface area (Å²) >= 11 is 6.53. The van der Waals surface area contributed by atoms with Gasteiger partial charge < -0.3 is 4.98 Å². The van der Waals surface area contributed by atoms with Crippen molar-refractivity contribution in [2.45, 2.75) is 6.92 Å². The van der Waals surface area contributed by atoms with Crippen LogP contribution in [0.4, 0.5) is 4.39 Å². The van der Waals surface area contributed by atoms with Crippen LogP contribution in [0.1, 0.15) is 11.1 Å². The van der Waals surface area contributed by atoms with Gasteiger partial charge in [-0.2, -0.15) is 5.26 Å². The molecule has 1 aromatic heterocycles. The molecule has 0 spiro atoms. The minimum absolute atomic E-state index is 0.320. The van der Waals surface area contributed by atoms with E-state index in [1.807, 2.05) is 61.5 Å². The average Bonchev–Trinajstić information content (AvgIpc) is 3.17. The van der Waals surface area contributed by atoms with Crippen molar-refractivity contribution in [2.24, 2.45) is 0 Å². The number of nitriles is 1. The molecule has 0 saturated carbocycles. The number of aromatic amines is 1. The Hall–Kier alpha value is -3.87. The molecule has 1 heterocycles. The predicted molar refractivity (Wildman–Crippen MR) is 129 cm³/mol. The lowest BCUT2D eigenvalue weighted by atomic mass is 9.93. The number of rotatable bonds is 3. The van der Waals surface area contributed by atoms with Crippen LogP contribution in [-0.4, -0.2) is 4.98 Å². The van der Waals surface area contributed by atoms with Crippen LogP contribution in [0, 0.1) is 24.1 Å². The maximum atomic E-state index is 14.2. The Morgan fingerprint density at radius 2 is 1.66 bits per heavy atom. The normalized spacial score (nSPS) is 10.9. The topological polar surface area (TPSA) is 39.6 Å². The van der Waals surface area contributed by atoms with Crippen LogP contribution in [-0.2, 0) is 0 Å². The molecule has 4 aromatic carbocycles. The van der Waals surface area contributed by atoms with Crippen LogP contribution >= 0.6 is 11.6 Å². The Morgan fingerprint density at radius 1 is 0.844 bits per heavy atom. The van der Waals surface area contributed by atoms with Crippen molar-refractivity contribution < 1.29 is 4.39 Å². The first-order valence-electron chi connectivity index (χ1n) is 10.2. The molecule has 5 rings (SSSR count). The highest BCUT2D eigenvalue weighted by molar-refractivity contribution is 6.33. The molecule has 0 aliphatic carbocycles. The van der Waals surface area contributed by atoms with Crippen molar-refractivity contribution >= 4 is 22.5 Å². The van der Waals surface area contributed by atoms with Crippen molar-refractivity contribution in [1.82, 2.24) is 4.98 Å². The van der Waals surface area contributed by atoms with Crippen LogP contribution in [0.3, 0.4) is 0 Å². The quantitative estimate of drug-likeness (QED) is 0.304. The van der Waals surface area contributed by atoms with Gasteiger partial charge in [0, 0.05) is 32.6 Å². The van der Waals surface area contributed by atoms with E-state index in [1.165, 1.54) is 12.1 Å². The van der Waals surface area contributed by atoms with E-state index < -0.39 is 0 Å². The molecule has 0 radical (unpaired) electrons. The molecule has 0 saturated heterocycles. The summed E-state index contributed by atoms with van der Waals surface area (Å²) in [4.78, 5) is 3.45. The molecule has 154 valence electrons. The average molecular weight is 437 g/mol. The molecule has 0 aliphatic heterocycles. The number of benzene rings is 4. The number of halogens is 2. The van der Waals surface area contributed by atoms with Crippen molar-refractivity contribution in [3.05, 3.63) is 107 Å². The second-order valence-corrected chi connectivity index (χ2v) is 8.19. The fourth-order valence-electron chi connectivity index (χ4n) is 4.16. The lowest BCUT2D eigenvalue weighted by Crippen LogP contribution is -1.88. The summed E-state index contributed by atoms with van der Waals surface area (Å²) in [5, 5.41) is 11.1. The van der Waals surface area contributed by atoms with E-state index in [0.29, 0.717) is 10.6 Å². The van der Waals surface area contributed by atoms with E-state index in [2.05, 4.69) is 17.1 Å². The lowest BCUT2D eigenvalue weighted by Gasteiger charge is -2.10. The number of hydrogen-bond acceptors (Lipinski definition) is 1. The van der Waals surface area contributed by atoms with E-state index in [-0.39, 0.29) is 5.82 Å². The van der Waals surface area contributed by atoms with Gasteiger partial charge >= 0.3 is 0 Å². The molecule has 0 fully saturated rings. The van der Waals surface area contributed by atoms with Crippen molar-refractivity contribution in [2.75, 3.05) is 0 Å². The third-order valence-corrected chi connectivity index (χ3v) is 5.98. The number of H-pyrrole nitrogens is 1. The Kier molecular flexibility index (Phi) is 5.01. The lowest BCUT2D eigenvalue weighted by molar-refractivity contribution is 0.630. The van der Waals surface area contributed by atoms with Gasteiger partial charge in [0.15, 0.2) is 0 Å². The number of aryl methyl sites for hydroxylation is 1. The molecule has 0 unspecified atom stereocenters. The highest BCUT2D eigenvalue weighted by atomic mass is 35.5. The summed E-state index contributed by atoms with van der Waals surface area (Å²) in [5.74, 6) is -0.320. The largest absolute Gasteiger partial charge is 0.354 e. The Bertz CT molecular complexity index is 1520. The molecular formula is C28H18ClFN2. The van der Waals surface area contributed by atoms with Gasteiger partial charge in [-0.15, -0.1) is 0 Å². The van der Waals surface area contributed by atoms with Gasteiger partial charge in [0.1, 0.15) is 5.82 Å². The molecule has 32 heavy (non-hydrogen) atoms. The predicted octanol–water partition coefficient (Wildman–Crippen LogP) is 8.14. The zero-order chi connectivity index (χ0) is 22.2. The smallest absolute Gasteiger partial charge is 0.123 e. The minimum Gasteiger partial charge on any atom is -0.354 e. The SMILES string of the molecule is Cc1ccc(-c2cccc(-c3[nH]c4ccc(F)cc4c3-c3ccccc3C#N)c2)c(Cl)c1. The van der Waals surface area contributed by atoms with Crippen LogP contribution in [0.25, 0.3) is 44.4 Å². The van der Waals surface area contributed by atoms with E-state index in [1.54, 1.807) is 12.1 Å². The van der Waals surface area contributed by atoms with Gasteiger partial charge in [-0.1, -0.05) is 60.1 Å². The zero-order valence-electron chi connectivity index (χ0n) is 17.3. The first-order chi connectivity index (χ1) is 15.5. The monoisotopic (exact) mass is 436 g/mol. The van der Waals surface area contributed by atoms with E-state index >= 15 is 0 Å². The first kappa shape index (κ1) is 20.1. The standard InChI is InChI=1S/C28H18ClFN2/c1-17-9-11-22(25(29)13-17)18-6-4-7-19(14-18)28-27(23-8-3-2-5-20(23)16-31)24-15-21(30)10-12-26(24)32-28/h2-15,32H,1H3. The molecule has 5 aromatic rings. The summed E-state index contributed by atoms with van der Waals surface area (Å²) in [7, 11) is 0. The maximum Gasteiger partial charge on any atom is 0.123 e. The second kappa shape index (κ2) is 8.00. The van der Waals surface area contributed by atoms with Gasteiger partial charge in [0.25, 0.3) is 0 Å². The molecule has 0 atom stereocenters. The van der Waals surface area contributed by atoms with Crippen LogP contribution in [0.2, 0.25) is 5.02 Å². The van der Waals surface area contributed by atoms with Gasteiger partial charge in [-0.05, 0) is 60.0 Å². The van der Waals surface area contributed by atoms with Crippen LogP contribution < -0.4 is 0 Å². The minimum atomic E-state index is -0.320. The van der Waals surface area contributed by atoms with Crippen LogP contribution in [0.15, 0.2) is 84.9 Å². The van der Waals surface area contributed by atoms with E-state index in [0.717, 1.165) is 50.0 Å². The van der Waals surface area contributed by atoms with E-state index in [4.69, 9.17) is 11.6 Å². The summed E-state index contributed by atoms with van der Waals surface area (Å²) in [6.07, 6.45) is 0. The van der Waals surface area contributed by atoms with Crippen molar-refractivity contribution in [1.29, 1.82) is 5.26 Å². The first-order valence-corrected chi connectivity index (χ1v) is 10.6. The van der Waals surface area contributed by atoms with E-state index in [9.17, 15) is 9.65 Å². The fourth-order valence-corrected chi connectivity index (χ4v) is 4.50. The molecule has 2 nitrogen and oxygen atoms in total. The summed E-state index contributed by atoms with van der Waals surface area (Å²) in [6, 6.07) is 28.4. The van der Waals surface area contributed by atoms with Gasteiger partial charge in [-0.25, -0.2) is 4.39 Å². The molecule has 1 N–H and O–H groups in total. The van der Waals surface area contributed by atoms with Crippen LogP contribution in [0.5, 0.6) is 0 Å². The van der Waals surface area contributed by atoms with Gasteiger partial charge in [0.05, 0.1) is 17.3 Å². The highest BCUT2D eigenvalue weighted by Crippen LogP contribution is 2.41. The molecular weight excluding hydrogens is 419 g/mol. The summed E-state index contributed by atoms with van der Waals surface area (Å²) in [5.41, 5.74) is 7.71. The Labute approximate surface area is 190 Å². The Morgan fingerprint density at radius 3 is 2.47 bits per heavy atom. The summed E-state index contributed by atoms with van der Waals surface area (Å²) < 4.78 is 14.2. The fraction of sp³-hybridized carbons (Fsp3) is 0.0357. The highest BCUT2D eigenvalue weighted by Gasteiger charge is 2.18. The van der Waals surface area contributed by atoms with Gasteiger partial charge in [-0.3, -0.25) is 0 Å². The molecule has 0 bridgehead atoms. The van der Waals surface area contributed by atoms with Crippen molar-refractivity contribution in [3.8, 4) is 39.6 Å². The third kappa shape index (κ3) is 3.45. The number of fused-ring (bicyclic) bond motifs is 1. The molecule has 4 heteroatoms. The van der Waals surface area contributed by atoms with Gasteiger partial charge in [0.2, 0.25) is 0 Å². The number of nitrogens with zero attached hydrogens (tertiary/aromatic N) is 1. The summed E-state index contributed by atoms with van der Waals surface area (Å²) in [6.45, 7) is 2.01. The molecule has 0 amide bonds. The maximum absolute atomic E-state index is 14.2. The molecule has 0 aliphatic rings. The number of hydrogen-bond donors (Lipinski definition) is 1. The number of aromatic nitrogens is 1. The number of nitrogens with one attached hydrogen (secondary N) is 1. The Balaban J connectivity index is 1.78. The second-order valence-electron chi connectivity index (χ2n) is 7.79. The third-order valence-electron chi connectivity index (χ3n) is 5.66. The zero-order valence-corrected chi connectivity index (χ0v) is 18.0. The van der Waals surface area contributed by atoms with Crippen molar-refractivity contribution in [3.63, 3.8) is 0 Å².